The molecule has 0 atom stereocenters. The van der Waals surface area contributed by atoms with E-state index in [1.54, 1.807) is 25.1 Å². The van der Waals surface area contributed by atoms with Crippen LogP contribution in [-0.2, 0) is 19.6 Å². The molecule has 0 unspecified atom stereocenters. The Balaban J connectivity index is 2.30. The number of hydrogen-bond donors (Lipinski definition) is 1. The van der Waals surface area contributed by atoms with Crippen molar-refractivity contribution in [3.05, 3.63) is 57.6 Å². The average molecular weight is 445 g/mol. The van der Waals surface area contributed by atoms with Gasteiger partial charge in [0.2, 0.25) is 15.9 Å². The van der Waals surface area contributed by atoms with E-state index in [0.29, 0.717) is 16.8 Å². The summed E-state index contributed by atoms with van der Waals surface area (Å²) in [5, 5.41) is 3.08. The highest BCUT2D eigenvalue weighted by atomic mass is 35.5. The molecule has 0 aliphatic rings. The smallest absolute Gasteiger partial charge is 0.338 e. The Bertz CT molecular complexity index is 1000. The molecular formula is C18H18Cl2N2O5S. The number of rotatable bonds is 6. The number of carbonyl (C=O) groups excluding carboxylic acids is 2. The van der Waals surface area contributed by atoms with E-state index in [-0.39, 0.29) is 15.7 Å². The molecule has 10 heteroatoms. The van der Waals surface area contributed by atoms with E-state index in [1.807, 2.05) is 0 Å². The van der Waals surface area contributed by atoms with Crippen molar-refractivity contribution in [2.24, 2.45) is 0 Å². The first-order valence-corrected chi connectivity index (χ1v) is 10.5. The molecule has 2 rings (SSSR count). The largest absolute Gasteiger partial charge is 0.465 e. The van der Waals surface area contributed by atoms with Gasteiger partial charge in [0.15, 0.2) is 0 Å². The summed E-state index contributed by atoms with van der Waals surface area (Å²) in [5.74, 6) is -1.15. The molecule has 0 aliphatic heterocycles. The van der Waals surface area contributed by atoms with E-state index >= 15 is 0 Å². The Morgan fingerprint density at radius 2 is 1.75 bits per heavy atom. The van der Waals surface area contributed by atoms with Gasteiger partial charge < -0.3 is 10.1 Å². The van der Waals surface area contributed by atoms with Crippen molar-refractivity contribution in [2.45, 2.75) is 6.92 Å². The second-order valence-corrected chi connectivity index (χ2v) is 8.69. The molecule has 0 heterocycles. The lowest BCUT2D eigenvalue weighted by atomic mass is 10.1. The van der Waals surface area contributed by atoms with Crippen molar-refractivity contribution in [3.63, 3.8) is 0 Å². The predicted molar refractivity (Wildman–Crippen MR) is 110 cm³/mol. The zero-order valence-corrected chi connectivity index (χ0v) is 17.7. The van der Waals surface area contributed by atoms with E-state index in [0.717, 1.165) is 10.6 Å². The lowest BCUT2D eigenvalue weighted by molar-refractivity contribution is -0.114. The first-order chi connectivity index (χ1) is 13.0. The fourth-order valence-corrected chi connectivity index (χ4v) is 3.86. The number of ether oxygens (including phenoxy) is 1. The van der Waals surface area contributed by atoms with Gasteiger partial charge >= 0.3 is 5.97 Å². The van der Waals surface area contributed by atoms with Crippen molar-refractivity contribution >= 4 is 56.5 Å². The van der Waals surface area contributed by atoms with Gasteiger partial charge in [-0.25, -0.2) is 13.2 Å². The molecule has 1 amide bonds. The van der Waals surface area contributed by atoms with Crippen molar-refractivity contribution < 1.29 is 22.7 Å². The number of carbonyl (C=O) groups is 2. The maximum atomic E-state index is 12.5. The van der Waals surface area contributed by atoms with Crippen LogP contribution in [0.25, 0.3) is 0 Å². The highest BCUT2D eigenvalue weighted by molar-refractivity contribution is 7.92. The number of nitrogens with zero attached hydrogens (tertiary/aromatic N) is 1. The molecule has 0 aliphatic carbocycles. The van der Waals surface area contributed by atoms with E-state index in [2.05, 4.69) is 5.32 Å². The van der Waals surface area contributed by atoms with Crippen molar-refractivity contribution in [3.8, 4) is 0 Å². The van der Waals surface area contributed by atoms with Crippen LogP contribution < -0.4 is 9.62 Å². The number of sulfonamides is 1. The highest BCUT2D eigenvalue weighted by Crippen LogP contribution is 2.27. The molecule has 150 valence electrons. The molecule has 1 N–H and O–H groups in total. The van der Waals surface area contributed by atoms with Gasteiger partial charge in [0.25, 0.3) is 0 Å². The maximum Gasteiger partial charge on any atom is 0.338 e. The third kappa shape index (κ3) is 5.37. The quantitative estimate of drug-likeness (QED) is 0.688. The van der Waals surface area contributed by atoms with E-state index in [4.69, 9.17) is 27.9 Å². The Morgan fingerprint density at radius 3 is 2.29 bits per heavy atom. The minimum absolute atomic E-state index is 0.162. The van der Waals surface area contributed by atoms with Crippen LogP contribution in [0.4, 0.5) is 11.4 Å². The minimum Gasteiger partial charge on any atom is -0.465 e. The standard InChI is InChI=1S/C18H18Cl2N2O5S/c1-11-15(18(24)27-2)5-4-6-16(11)21-17(23)10-22(28(3,25)26)14-8-12(19)7-13(20)9-14/h4-9H,10H2,1-3H3,(H,21,23). The van der Waals surface area contributed by atoms with Gasteiger partial charge in [-0.1, -0.05) is 29.3 Å². The molecule has 0 fully saturated rings. The van der Waals surface area contributed by atoms with E-state index in [1.165, 1.54) is 25.3 Å². The van der Waals surface area contributed by atoms with Gasteiger partial charge in [-0.3, -0.25) is 9.10 Å². The first-order valence-electron chi connectivity index (χ1n) is 7.94. The lowest BCUT2D eigenvalue weighted by Gasteiger charge is -2.22. The van der Waals surface area contributed by atoms with Crippen molar-refractivity contribution in [1.82, 2.24) is 0 Å². The number of anilines is 2. The Labute approximate surface area is 173 Å². The van der Waals surface area contributed by atoms with Gasteiger partial charge in [-0.05, 0) is 42.8 Å². The molecule has 0 saturated carbocycles. The summed E-state index contributed by atoms with van der Waals surface area (Å²) in [4.78, 5) is 24.3. The van der Waals surface area contributed by atoms with Crippen LogP contribution in [0, 0.1) is 6.92 Å². The minimum atomic E-state index is -3.79. The second-order valence-electron chi connectivity index (χ2n) is 5.92. The lowest BCUT2D eigenvalue weighted by Crippen LogP contribution is -2.37. The predicted octanol–water partition coefficient (Wildman–Crippen LogP) is 3.49. The SMILES string of the molecule is COC(=O)c1cccc(NC(=O)CN(c2cc(Cl)cc(Cl)c2)S(C)(=O)=O)c1C. The number of amides is 1. The summed E-state index contributed by atoms with van der Waals surface area (Å²) in [7, 11) is -2.54. The molecule has 28 heavy (non-hydrogen) atoms. The van der Waals surface area contributed by atoms with E-state index < -0.39 is 28.4 Å². The summed E-state index contributed by atoms with van der Waals surface area (Å²) in [6.45, 7) is 1.14. The van der Waals surface area contributed by atoms with Crippen LogP contribution in [0.1, 0.15) is 15.9 Å². The van der Waals surface area contributed by atoms with Crippen LogP contribution in [0.2, 0.25) is 10.0 Å². The van der Waals surface area contributed by atoms with Crippen LogP contribution in [0.5, 0.6) is 0 Å². The van der Waals surface area contributed by atoms with Crippen LogP contribution in [-0.4, -0.2) is 40.2 Å². The molecule has 2 aromatic carbocycles. The first kappa shape index (κ1) is 22.0. The molecule has 0 radical (unpaired) electrons. The molecule has 7 nitrogen and oxygen atoms in total. The van der Waals surface area contributed by atoms with Gasteiger partial charge in [0, 0.05) is 15.7 Å². The molecule has 2 aromatic rings. The third-order valence-corrected chi connectivity index (χ3v) is 5.41. The Kier molecular flexibility index (Phi) is 6.92. The molecule has 0 saturated heterocycles. The van der Waals surface area contributed by atoms with Crippen molar-refractivity contribution in [2.75, 3.05) is 29.5 Å². The number of halogens is 2. The zero-order chi connectivity index (χ0) is 21.1. The normalized spacial score (nSPS) is 11.0. The second kappa shape index (κ2) is 8.81. The number of hydrogen-bond acceptors (Lipinski definition) is 5. The van der Waals surface area contributed by atoms with Gasteiger partial charge in [-0.2, -0.15) is 0 Å². The molecule has 0 spiro atoms. The van der Waals surface area contributed by atoms with Crippen molar-refractivity contribution in [1.29, 1.82) is 0 Å². The molecule has 0 bridgehead atoms. The van der Waals surface area contributed by atoms with Crippen LogP contribution >= 0.6 is 23.2 Å². The van der Waals surface area contributed by atoms with E-state index in [9.17, 15) is 18.0 Å². The molecular weight excluding hydrogens is 427 g/mol. The van der Waals surface area contributed by atoms with Crippen LogP contribution in [0.3, 0.4) is 0 Å². The summed E-state index contributed by atoms with van der Waals surface area (Å²) in [6, 6.07) is 8.98. The molecule has 0 aromatic heterocycles. The summed E-state index contributed by atoms with van der Waals surface area (Å²) in [6.07, 6.45) is 0.970. The van der Waals surface area contributed by atoms with Gasteiger partial charge in [0.05, 0.1) is 24.6 Å². The number of esters is 1. The number of benzene rings is 2. The third-order valence-electron chi connectivity index (χ3n) is 3.84. The highest BCUT2D eigenvalue weighted by Gasteiger charge is 2.22. The van der Waals surface area contributed by atoms with Gasteiger partial charge in [-0.15, -0.1) is 0 Å². The monoisotopic (exact) mass is 444 g/mol. The maximum absolute atomic E-state index is 12.5. The number of methoxy groups -OCH3 is 1. The summed E-state index contributed by atoms with van der Waals surface area (Å²) < 4.78 is 30.0. The topological polar surface area (TPSA) is 92.8 Å². The zero-order valence-electron chi connectivity index (χ0n) is 15.3. The Morgan fingerprint density at radius 1 is 1.14 bits per heavy atom. The fraction of sp³-hybridized carbons (Fsp3) is 0.222. The fourth-order valence-electron chi connectivity index (χ4n) is 2.51. The van der Waals surface area contributed by atoms with Crippen LogP contribution in [0.15, 0.2) is 36.4 Å². The summed E-state index contributed by atoms with van der Waals surface area (Å²) in [5.41, 5.74) is 1.32. The number of nitrogens with one attached hydrogen (secondary N) is 1. The Hall–Kier alpha value is -2.29. The van der Waals surface area contributed by atoms with Gasteiger partial charge in [0.1, 0.15) is 6.54 Å². The summed E-state index contributed by atoms with van der Waals surface area (Å²) >= 11 is 11.9. The average Bonchev–Trinajstić information content (AvgIpc) is 2.59.